The monoisotopic (exact) mass is 381 g/mol. The molecule has 142 valence electrons. The van der Waals surface area contributed by atoms with E-state index in [1.807, 2.05) is 51.2 Å². The molecule has 0 bridgehead atoms. The number of nitriles is 1. The third-order valence-electron chi connectivity index (χ3n) is 4.97. The lowest BCUT2D eigenvalue weighted by Crippen LogP contribution is -2.04. The van der Waals surface area contributed by atoms with E-state index in [4.69, 9.17) is 4.98 Å². The van der Waals surface area contributed by atoms with Crippen LogP contribution in [0, 0.1) is 25.2 Å². The second-order valence-electron chi connectivity index (χ2n) is 6.85. The topological polar surface area (TPSA) is 94.5 Å². The van der Waals surface area contributed by atoms with Gasteiger partial charge in [0.1, 0.15) is 11.5 Å². The molecule has 29 heavy (non-hydrogen) atoms. The fourth-order valence-corrected chi connectivity index (χ4v) is 3.49. The smallest absolute Gasteiger partial charge is 0.191 e. The Hall–Kier alpha value is -3.98. The summed E-state index contributed by atoms with van der Waals surface area (Å²) in [4.78, 5) is 24.8. The van der Waals surface area contributed by atoms with Gasteiger partial charge in [-0.3, -0.25) is 4.79 Å². The highest BCUT2D eigenvalue weighted by Gasteiger charge is 2.17. The second kappa shape index (κ2) is 7.21. The number of aromatic nitrogens is 3. The number of pyridine rings is 3. The van der Waals surface area contributed by atoms with Gasteiger partial charge in [-0.1, -0.05) is 12.1 Å². The molecule has 6 heteroatoms. The molecule has 0 unspecified atom stereocenters. The first-order valence-corrected chi connectivity index (χ1v) is 9.21. The van der Waals surface area contributed by atoms with Gasteiger partial charge in [-0.2, -0.15) is 5.26 Å². The second-order valence-corrected chi connectivity index (χ2v) is 6.85. The molecule has 1 aromatic carbocycles. The van der Waals surface area contributed by atoms with Gasteiger partial charge in [0.15, 0.2) is 5.43 Å². The van der Waals surface area contributed by atoms with Crippen molar-refractivity contribution in [3.63, 3.8) is 0 Å². The Bertz CT molecular complexity index is 1350. The Balaban J connectivity index is 2.12. The molecule has 0 radical (unpaired) electrons. The molecule has 6 nitrogen and oxygen atoms in total. The molecule has 0 fully saturated rings. The molecule has 0 aliphatic carbocycles. The first kappa shape index (κ1) is 18.4. The van der Waals surface area contributed by atoms with E-state index in [1.165, 1.54) is 6.07 Å². The van der Waals surface area contributed by atoms with E-state index in [2.05, 4.69) is 21.4 Å². The Morgan fingerprint density at radius 1 is 1.07 bits per heavy atom. The number of benzene rings is 1. The average molecular weight is 381 g/mol. The van der Waals surface area contributed by atoms with Crippen LogP contribution in [0.1, 0.15) is 16.8 Å². The van der Waals surface area contributed by atoms with Gasteiger partial charge >= 0.3 is 0 Å². The molecule has 0 amide bonds. The summed E-state index contributed by atoms with van der Waals surface area (Å²) < 4.78 is 0. The Kier molecular flexibility index (Phi) is 4.57. The number of hydrogen-bond acceptors (Lipinski definition) is 5. The maximum Gasteiger partial charge on any atom is 0.191 e. The predicted molar refractivity (Wildman–Crippen MR) is 115 cm³/mol. The molecule has 3 heterocycles. The molecule has 3 aromatic heterocycles. The van der Waals surface area contributed by atoms with Gasteiger partial charge in [0, 0.05) is 36.1 Å². The lowest BCUT2D eigenvalue weighted by atomic mass is 9.93. The number of aromatic amines is 1. The summed E-state index contributed by atoms with van der Waals surface area (Å²) in [5, 5.41) is 13.0. The number of fused-ring (bicyclic) bond motifs is 1. The molecule has 0 saturated heterocycles. The van der Waals surface area contributed by atoms with Crippen molar-refractivity contribution in [3.05, 3.63) is 75.7 Å². The van der Waals surface area contributed by atoms with Crippen LogP contribution in [-0.4, -0.2) is 22.0 Å². The van der Waals surface area contributed by atoms with Gasteiger partial charge in [-0.25, -0.2) is 9.97 Å². The third kappa shape index (κ3) is 3.23. The molecule has 0 saturated carbocycles. The van der Waals surface area contributed by atoms with Gasteiger partial charge in [-0.05, 0) is 49.2 Å². The van der Waals surface area contributed by atoms with Crippen LogP contribution in [0.2, 0.25) is 0 Å². The van der Waals surface area contributed by atoms with E-state index in [-0.39, 0.29) is 5.43 Å². The Morgan fingerprint density at radius 2 is 1.90 bits per heavy atom. The number of aryl methyl sites for hydroxylation is 1. The predicted octanol–water partition coefficient (Wildman–Crippen LogP) is 4.18. The molecule has 0 aliphatic heterocycles. The highest BCUT2D eigenvalue weighted by molar-refractivity contribution is 5.91. The summed E-state index contributed by atoms with van der Waals surface area (Å²) in [6.07, 6.45) is 1.59. The first-order valence-electron chi connectivity index (χ1n) is 9.21. The molecule has 4 rings (SSSR count). The minimum absolute atomic E-state index is 0.0961. The van der Waals surface area contributed by atoms with Crippen LogP contribution in [0.3, 0.4) is 0 Å². The third-order valence-corrected chi connectivity index (χ3v) is 4.97. The van der Waals surface area contributed by atoms with E-state index in [0.717, 1.165) is 33.8 Å². The highest BCUT2D eigenvalue weighted by atomic mass is 16.1. The number of nitrogens with one attached hydrogen (secondary N) is 2. The zero-order valence-corrected chi connectivity index (χ0v) is 16.4. The summed E-state index contributed by atoms with van der Waals surface area (Å²) in [6, 6.07) is 15.1. The van der Waals surface area contributed by atoms with Gasteiger partial charge in [-0.15, -0.1) is 0 Å². The molecule has 4 aromatic rings. The average Bonchev–Trinajstić information content (AvgIpc) is 2.73. The number of H-pyrrole nitrogens is 1. The molecule has 0 spiro atoms. The number of rotatable bonds is 3. The van der Waals surface area contributed by atoms with Crippen LogP contribution in [-0.2, 0) is 0 Å². The summed E-state index contributed by atoms with van der Waals surface area (Å²) in [6.45, 7) is 3.83. The van der Waals surface area contributed by atoms with Crippen molar-refractivity contribution in [2.45, 2.75) is 13.8 Å². The maximum atomic E-state index is 12.4. The molecule has 2 N–H and O–H groups in total. The van der Waals surface area contributed by atoms with Crippen LogP contribution in [0.5, 0.6) is 0 Å². The molecule has 0 aliphatic rings. The van der Waals surface area contributed by atoms with E-state index in [1.54, 1.807) is 12.3 Å². The minimum atomic E-state index is -0.0961. The lowest BCUT2D eigenvalue weighted by Gasteiger charge is -2.15. The van der Waals surface area contributed by atoms with E-state index < -0.39 is 0 Å². The Morgan fingerprint density at radius 3 is 2.66 bits per heavy atom. The summed E-state index contributed by atoms with van der Waals surface area (Å²) >= 11 is 0. The van der Waals surface area contributed by atoms with Crippen molar-refractivity contribution in [1.29, 1.82) is 5.26 Å². The highest BCUT2D eigenvalue weighted by Crippen LogP contribution is 2.35. The molecular formula is C23H19N5O. The standard InChI is InChI=1S/C23H19N5O/c1-13-9-16(10-21(25-3)27-13)18-11-19-20(29)7-8-26-23(19)28-22(18)17-6-4-5-15(12-24)14(17)2/h4-11H,1-3H3,(H,25,27)(H,26,28,29). The SMILES string of the molecule is CNc1cc(-c2cc3c(=O)cc[nH]c3nc2-c2cccc(C#N)c2C)cc(C)n1. The first-order chi connectivity index (χ1) is 14.0. The van der Waals surface area contributed by atoms with Crippen LogP contribution in [0.4, 0.5) is 5.82 Å². The van der Waals surface area contributed by atoms with Crippen LogP contribution in [0.25, 0.3) is 33.4 Å². The van der Waals surface area contributed by atoms with Crippen LogP contribution in [0.15, 0.2) is 53.5 Å². The zero-order valence-electron chi connectivity index (χ0n) is 16.4. The Labute approximate surface area is 167 Å². The van der Waals surface area contributed by atoms with E-state index in [9.17, 15) is 10.1 Å². The normalized spacial score (nSPS) is 10.7. The van der Waals surface area contributed by atoms with Gasteiger partial charge in [0.2, 0.25) is 0 Å². The van der Waals surface area contributed by atoms with Crippen molar-refractivity contribution >= 4 is 16.9 Å². The van der Waals surface area contributed by atoms with Crippen molar-refractivity contribution in [2.24, 2.45) is 0 Å². The minimum Gasteiger partial charge on any atom is -0.373 e. The fourth-order valence-electron chi connectivity index (χ4n) is 3.49. The summed E-state index contributed by atoms with van der Waals surface area (Å²) in [5.74, 6) is 0.732. The number of nitrogens with zero attached hydrogens (tertiary/aromatic N) is 3. The quantitative estimate of drug-likeness (QED) is 0.555. The van der Waals surface area contributed by atoms with Gasteiger partial charge in [0.25, 0.3) is 0 Å². The van der Waals surface area contributed by atoms with Gasteiger partial charge in [0.05, 0.1) is 22.7 Å². The maximum absolute atomic E-state index is 12.4. The van der Waals surface area contributed by atoms with E-state index in [0.29, 0.717) is 22.3 Å². The van der Waals surface area contributed by atoms with Crippen LogP contribution >= 0.6 is 0 Å². The molecular weight excluding hydrogens is 362 g/mol. The van der Waals surface area contributed by atoms with Crippen molar-refractivity contribution in [1.82, 2.24) is 15.0 Å². The van der Waals surface area contributed by atoms with Crippen molar-refractivity contribution < 1.29 is 0 Å². The number of hydrogen-bond donors (Lipinski definition) is 2. The lowest BCUT2D eigenvalue weighted by molar-refractivity contribution is 1.19. The largest absolute Gasteiger partial charge is 0.373 e. The molecule has 0 atom stereocenters. The number of anilines is 1. The summed E-state index contributed by atoms with van der Waals surface area (Å²) in [7, 11) is 1.82. The van der Waals surface area contributed by atoms with E-state index >= 15 is 0 Å². The zero-order chi connectivity index (χ0) is 20.5. The summed E-state index contributed by atoms with van der Waals surface area (Å²) in [5.41, 5.74) is 5.99. The van der Waals surface area contributed by atoms with Gasteiger partial charge < -0.3 is 10.3 Å². The fraction of sp³-hybridized carbons (Fsp3) is 0.130. The van der Waals surface area contributed by atoms with Crippen molar-refractivity contribution in [3.8, 4) is 28.5 Å². The van der Waals surface area contributed by atoms with Crippen LogP contribution < -0.4 is 10.7 Å². The van der Waals surface area contributed by atoms with Crippen molar-refractivity contribution in [2.75, 3.05) is 12.4 Å².